The Morgan fingerprint density at radius 2 is 1.97 bits per heavy atom. The summed E-state index contributed by atoms with van der Waals surface area (Å²) in [4.78, 5) is 38.0. The van der Waals surface area contributed by atoms with Gasteiger partial charge in [0.2, 0.25) is 11.8 Å². The van der Waals surface area contributed by atoms with Gasteiger partial charge in [-0.05, 0) is 30.2 Å². The second kappa shape index (κ2) is 10.7. The molecule has 8 heteroatoms. The van der Waals surface area contributed by atoms with E-state index in [4.69, 9.17) is 9.47 Å². The average molecular weight is 429 g/mol. The normalized spacial score (nSPS) is 15.7. The molecule has 0 aliphatic carbocycles. The summed E-state index contributed by atoms with van der Waals surface area (Å²) in [5.74, 6) is -0.0338. The van der Waals surface area contributed by atoms with Crippen LogP contribution in [0, 0.1) is 0 Å². The van der Waals surface area contributed by atoms with Gasteiger partial charge in [0.1, 0.15) is 30.8 Å². The maximum absolute atomic E-state index is 12.3. The molecule has 2 aromatic carbocycles. The van der Waals surface area contributed by atoms with Crippen molar-refractivity contribution in [2.45, 2.75) is 18.9 Å². The van der Waals surface area contributed by atoms with Crippen molar-refractivity contribution in [1.29, 1.82) is 0 Å². The van der Waals surface area contributed by atoms with Gasteiger partial charge < -0.3 is 19.7 Å². The van der Waals surface area contributed by atoms with Crippen LogP contribution in [0.15, 0.2) is 54.6 Å². The molecule has 7 nitrogen and oxygen atoms in total. The molecule has 1 aliphatic rings. The predicted molar refractivity (Wildman–Crippen MR) is 114 cm³/mol. The van der Waals surface area contributed by atoms with Gasteiger partial charge in [-0.25, -0.2) is 0 Å². The number of ether oxygens (including phenoxy) is 2. The van der Waals surface area contributed by atoms with Crippen LogP contribution in [0.25, 0.3) is 0 Å². The molecule has 0 bridgehead atoms. The summed E-state index contributed by atoms with van der Waals surface area (Å²) >= 11 is 1.46. The first-order chi connectivity index (χ1) is 14.6. The van der Waals surface area contributed by atoms with Gasteiger partial charge in [0.05, 0.1) is 12.4 Å². The van der Waals surface area contributed by atoms with Gasteiger partial charge in [-0.2, -0.15) is 0 Å². The Morgan fingerprint density at radius 3 is 2.73 bits per heavy atom. The Morgan fingerprint density at radius 1 is 1.17 bits per heavy atom. The zero-order valence-electron chi connectivity index (χ0n) is 16.7. The molecule has 30 heavy (non-hydrogen) atoms. The summed E-state index contributed by atoms with van der Waals surface area (Å²) in [6.07, 6.45) is 0. The summed E-state index contributed by atoms with van der Waals surface area (Å²) < 4.78 is 10.7. The average Bonchev–Trinajstić information content (AvgIpc) is 3.12. The largest absolute Gasteiger partial charge is 0.494 e. The molecule has 0 radical (unpaired) electrons. The molecule has 1 aliphatic heterocycles. The highest BCUT2D eigenvalue weighted by Gasteiger charge is 2.34. The molecule has 1 N–H and O–H groups in total. The molecular weight excluding hydrogens is 404 g/mol. The van der Waals surface area contributed by atoms with Crippen molar-refractivity contribution >= 4 is 29.5 Å². The van der Waals surface area contributed by atoms with E-state index in [0.717, 1.165) is 16.9 Å². The molecule has 1 unspecified atom stereocenters. The fraction of sp³-hybridized carbons (Fsp3) is 0.318. The van der Waals surface area contributed by atoms with Crippen molar-refractivity contribution in [2.24, 2.45) is 0 Å². The van der Waals surface area contributed by atoms with Crippen LogP contribution in [0.5, 0.6) is 5.75 Å². The Bertz CT molecular complexity index is 890. The van der Waals surface area contributed by atoms with E-state index in [2.05, 4.69) is 5.32 Å². The second-order valence-corrected chi connectivity index (χ2v) is 7.68. The van der Waals surface area contributed by atoms with Crippen molar-refractivity contribution in [1.82, 2.24) is 10.2 Å². The summed E-state index contributed by atoms with van der Waals surface area (Å²) in [5.41, 5.74) is 1.76. The number of nitrogens with zero attached hydrogens (tertiary/aromatic N) is 1. The second-order valence-electron chi connectivity index (χ2n) is 6.61. The summed E-state index contributed by atoms with van der Waals surface area (Å²) in [6, 6.07) is 16.8. The molecule has 1 saturated heterocycles. The smallest absolute Gasteiger partial charge is 0.325 e. The van der Waals surface area contributed by atoms with Crippen LogP contribution >= 0.6 is 11.8 Å². The van der Waals surface area contributed by atoms with Crippen LogP contribution in [-0.2, 0) is 25.7 Å². The SMILES string of the molecule is CCOc1cccc(C2SCC(=O)N2CC(=O)NCC(=O)OCc2ccccc2)c1. The third kappa shape index (κ3) is 6.00. The first-order valence-corrected chi connectivity index (χ1v) is 10.7. The molecule has 1 heterocycles. The lowest BCUT2D eigenvalue weighted by molar-refractivity contribution is -0.145. The summed E-state index contributed by atoms with van der Waals surface area (Å²) in [6.45, 7) is 2.23. The first-order valence-electron chi connectivity index (χ1n) is 9.67. The van der Waals surface area contributed by atoms with E-state index in [1.807, 2.05) is 61.5 Å². The highest BCUT2D eigenvalue weighted by molar-refractivity contribution is 8.00. The van der Waals surface area contributed by atoms with Crippen molar-refractivity contribution in [2.75, 3.05) is 25.4 Å². The minimum absolute atomic E-state index is 0.117. The number of rotatable bonds is 9. The number of hydrogen-bond acceptors (Lipinski definition) is 6. The van der Waals surface area contributed by atoms with Crippen LogP contribution in [0.1, 0.15) is 23.4 Å². The standard InChI is InChI=1S/C22H24N2O5S/c1-2-28-18-10-6-9-17(11-18)22-24(20(26)15-30-22)13-19(25)23-12-21(27)29-14-16-7-4-3-5-8-16/h3-11,22H,2,12-15H2,1H3,(H,23,25). The van der Waals surface area contributed by atoms with Crippen LogP contribution in [-0.4, -0.2) is 48.1 Å². The monoisotopic (exact) mass is 428 g/mol. The Kier molecular flexibility index (Phi) is 7.73. The van der Waals surface area contributed by atoms with Crippen LogP contribution in [0.2, 0.25) is 0 Å². The van der Waals surface area contributed by atoms with Gasteiger partial charge >= 0.3 is 5.97 Å². The van der Waals surface area contributed by atoms with E-state index >= 15 is 0 Å². The Labute approximate surface area is 179 Å². The molecule has 2 amide bonds. The molecular formula is C22H24N2O5S. The van der Waals surface area contributed by atoms with E-state index in [1.165, 1.54) is 16.7 Å². The Balaban J connectivity index is 1.51. The van der Waals surface area contributed by atoms with Crippen LogP contribution in [0.4, 0.5) is 0 Å². The van der Waals surface area contributed by atoms with Crippen molar-refractivity contribution < 1.29 is 23.9 Å². The van der Waals surface area contributed by atoms with Crippen LogP contribution < -0.4 is 10.1 Å². The Hall–Kier alpha value is -3.00. The lowest BCUT2D eigenvalue weighted by Crippen LogP contribution is -2.41. The highest BCUT2D eigenvalue weighted by atomic mass is 32.2. The third-order valence-electron chi connectivity index (χ3n) is 4.41. The van der Waals surface area contributed by atoms with E-state index < -0.39 is 11.9 Å². The minimum Gasteiger partial charge on any atom is -0.494 e. The fourth-order valence-electron chi connectivity index (χ4n) is 3.00. The van der Waals surface area contributed by atoms with E-state index in [-0.39, 0.29) is 31.0 Å². The number of carbonyl (C=O) groups is 3. The quantitative estimate of drug-likeness (QED) is 0.618. The zero-order valence-corrected chi connectivity index (χ0v) is 17.5. The molecule has 0 saturated carbocycles. The van der Waals surface area contributed by atoms with Gasteiger partial charge in [-0.3, -0.25) is 14.4 Å². The van der Waals surface area contributed by atoms with E-state index in [1.54, 1.807) is 0 Å². The predicted octanol–water partition coefficient (Wildman–Crippen LogP) is 2.52. The summed E-state index contributed by atoms with van der Waals surface area (Å²) in [5, 5.41) is 2.26. The molecule has 1 atom stereocenters. The van der Waals surface area contributed by atoms with Gasteiger partial charge in [0.15, 0.2) is 0 Å². The highest BCUT2D eigenvalue weighted by Crippen LogP contribution is 2.39. The van der Waals surface area contributed by atoms with Crippen LogP contribution in [0.3, 0.4) is 0 Å². The lowest BCUT2D eigenvalue weighted by Gasteiger charge is -2.24. The molecule has 0 aromatic heterocycles. The van der Waals surface area contributed by atoms with Crippen molar-refractivity contribution in [3.05, 3.63) is 65.7 Å². The number of hydrogen-bond donors (Lipinski definition) is 1. The first kappa shape index (κ1) is 21.7. The van der Waals surface area contributed by atoms with E-state index in [0.29, 0.717) is 12.4 Å². The molecule has 0 spiro atoms. The van der Waals surface area contributed by atoms with Crippen molar-refractivity contribution in [3.63, 3.8) is 0 Å². The molecule has 2 aromatic rings. The maximum atomic E-state index is 12.3. The number of benzene rings is 2. The van der Waals surface area contributed by atoms with Gasteiger partial charge in [-0.1, -0.05) is 42.5 Å². The number of esters is 1. The number of amides is 2. The van der Waals surface area contributed by atoms with Crippen molar-refractivity contribution in [3.8, 4) is 5.75 Å². The number of nitrogens with one attached hydrogen (secondary N) is 1. The maximum Gasteiger partial charge on any atom is 0.325 e. The number of carbonyl (C=O) groups excluding carboxylic acids is 3. The van der Waals surface area contributed by atoms with Gasteiger partial charge in [0, 0.05) is 0 Å². The zero-order chi connectivity index (χ0) is 21.3. The van der Waals surface area contributed by atoms with E-state index in [9.17, 15) is 14.4 Å². The summed E-state index contributed by atoms with van der Waals surface area (Å²) in [7, 11) is 0. The number of thioether (sulfide) groups is 1. The molecule has 158 valence electrons. The van der Waals surface area contributed by atoms with Gasteiger partial charge in [-0.15, -0.1) is 11.8 Å². The fourth-order valence-corrected chi connectivity index (χ4v) is 4.17. The topological polar surface area (TPSA) is 84.9 Å². The molecule has 1 fully saturated rings. The third-order valence-corrected chi connectivity index (χ3v) is 5.66. The minimum atomic E-state index is -0.532. The lowest BCUT2D eigenvalue weighted by atomic mass is 10.2. The van der Waals surface area contributed by atoms with Gasteiger partial charge in [0.25, 0.3) is 0 Å². The molecule has 3 rings (SSSR count).